The number of carbonyl (C=O) groups excluding carboxylic acids is 1. The average molecular weight is 527 g/mol. The quantitative estimate of drug-likeness (QED) is 0.200. The third-order valence-electron chi connectivity index (χ3n) is 7.09. The van der Waals surface area contributed by atoms with E-state index >= 15 is 0 Å². The van der Waals surface area contributed by atoms with E-state index in [1.165, 1.54) is 10.8 Å². The zero-order valence-corrected chi connectivity index (χ0v) is 22.4. The van der Waals surface area contributed by atoms with Crippen LogP contribution < -0.4 is 21.8 Å². The van der Waals surface area contributed by atoms with Gasteiger partial charge in [0.1, 0.15) is 0 Å². The number of hydrazone groups is 1. The van der Waals surface area contributed by atoms with Crippen LogP contribution in [0.15, 0.2) is 53.6 Å². The van der Waals surface area contributed by atoms with Gasteiger partial charge in [0.2, 0.25) is 5.91 Å². The molecule has 37 heavy (non-hydrogen) atoms. The SMILES string of the molecule is CN(N)/N=C(\N)c1ccc(NC2CCN(C(=O)CCCN3CCN(c4ccc(Cl)cc4)CC3)CC2)cc1. The van der Waals surface area contributed by atoms with Crippen LogP contribution in [-0.2, 0) is 4.79 Å². The first-order valence-electron chi connectivity index (χ1n) is 13.1. The molecule has 2 saturated heterocycles. The summed E-state index contributed by atoms with van der Waals surface area (Å²) in [6, 6.07) is 16.3. The number of hydrogen-bond acceptors (Lipinski definition) is 7. The summed E-state index contributed by atoms with van der Waals surface area (Å²) >= 11 is 6.01. The molecule has 0 bridgehead atoms. The molecule has 2 heterocycles. The maximum Gasteiger partial charge on any atom is 0.222 e. The molecule has 9 nitrogen and oxygen atoms in total. The number of hydrazine groups is 1. The van der Waals surface area contributed by atoms with Crippen molar-refractivity contribution in [3.63, 3.8) is 0 Å². The first-order chi connectivity index (χ1) is 17.9. The number of nitrogens with two attached hydrogens (primary N) is 2. The van der Waals surface area contributed by atoms with Crippen molar-refractivity contribution in [3.05, 3.63) is 59.1 Å². The Morgan fingerprint density at radius 1 is 1.03 bits per heavy atom. The van der Waals surface area contributed by atoms with Gasteiger partial charge in [0.25, 0.3) is 0 Å². The minimum Gasteiger partial charge on any atom is -0.382 e. The molecule has 0 radical (unpaired) electrons. The fraction of sp³-hybridized carbons (Fsp3) is 0.481. The molecule has 2 aromatic rings. The van der Waals surface area contributed by atoms with Crippen LogP contribution in [0.1, 0.15) is 31.2 Å². The molecule has 2 aliphatic heterocycles. The number of piperazine rings is 1. The van der Waals surface area contributed by atoms with Crippen LogP contribution in [0.25, 0.3) is 0 Å². The van der Waals surface area contributed by atoms with Crippen molar-refractivity contribution in [3.8, 4) is 0 Å². The van der Waals surface area contributed by atoms with Crippen LogP contribution in [0, 0.1) is 0 Å². The number of rotatable bonds is 9. The minimum atomic E-state index is 0.280. The monoisotopic (exact) mass is 526 g/mol. The van der Waals surface area contributed by atoms with Gasteiger partial charge in [-0.1, -0.05) is 11.6 Å². The number of nitrogens with one attached hydrogen (secondary N) is 1. The summed E-state index contributed by atoms with van der Waals surface area (Å²) in [6.45, 7) is 6.64. The molecule has 1 amide bonds. The van der Waals surface area contributed by atoms with Gasteiger partial charge in [-0.05, 0) is 74.3 Å². The van der Waals surface area contributed by atoms with Gasteiger partial charge in [-0.3, -0.25) is 9.69 Å². The number of nitrogens with zero attached hydrogens (tertiary/aromatic N) is 5. The zero-order valence-electron chi connectivity index (χ0n) is 21.7. The van der Waals surface area contributed by atoms with E-state index in [-0.39, 0.29) is 5.91 Å². The summed E-state index contributed by atoms with van der Waals surface area (Å²) in [4.78, 5) is 19.7. The van der Waals surface area contributed by atoms with Crippen molar-refractivity contribution in [1.82, 2.24) is 14.9 Å². The third kappa shape index (κ3) is 7.99. The van der Waals surface area contributed by atoms with Gasteiger partial charge in [-0.25, -0.2) is 11.0 Å². The molecule has 5 N–H and O–H groups in total. The Bertz CT molecular complexity index is 1030. The molecule has 0 saturated carbocycles. The van der Waals surface area contributed by atoms with Gasteiger partial charge >= 0.3 is 0 Å². The smallest absolute Gasteiger partial charge is 0.222 e. The van der Waals surface area contributed by atoms with Crippen LogP contribution in [0.2, 0.25) is 5.02 Å². The lowest BCUT2D eigenvalue weighted by Crippen LogP contribution is -2.47. The minimum absolute atomic E-state index is 0.280. The van der Waals surface area contributed by atoms with E-state index in [4.69, 9.17) is 23.2 Å². The molecule has 4 rings (SSSR count). The Kier molecular flexibility index (Phi) is 9.49. The van der Waals surface area contributed by atoms with Crippen molar-refractivity contribution in [2.45, 2.75) is 31.7 Å². The number of amides is 1. The highest BCUT2D eigenvalue weighted by molar-refractivity contribution is 6.30. The van der Waals surface area contributed by atoms with Crippen LogP contribution >= 0.6 is 11.6 Å². The Hall–Kier alpha value is -3.01. The lowest BCUT2D eigenvalue weighted by molar-refractivity contribution is -0.132. The van der Waals surface area contributed by atoms with Crippen LogP contribution in [0.5, 0.6) is 0 Å². The molecule has 10 heteroatoms. The molecule has 2 fully saturated rings. The van der Waals surface area contributed by atoms with E-state index in [0.717, 1.165) is 81.3 Å². The first-order valence-corrected chi connectivity index (χ1v) is 13.5. The Balaban J connectivity index is 1.12. The van der Waals surface area contributed by atoms with Crippen molar-refractivity contribution in [1.29, 1.82) is 0 Å². The van der Waals surface area contributed by atoms with Crippen LogP contribution in [0.3, 0.4) is 0 Å². The average Bonchev–Trinajstić information content (AvgIpc) is 2.90. The van der Waals surface area contributed by atoms with Gasteiger partial charge < -0.3 is 20.9 Å². The van der Waals surface area contributed by atoms with Gasteiger partial charge in [-0.2, -0.15) is 0 Å². The van der Waals surface area contributed by atoms with Gasteiger partial charge in [-0.15, -0.1) is 5.10 Å². The fourth-order valence-electron chi connectivity index (χ4n) is 4.97. The normalized spacial score (nSPS) is 17.6. The summed E-state index contributed by atoms with van der Waals surface area (Å²) < 4.78 is 0. The molecule has 0 aromatic heterocycles. The number of hydrogen-bond donors (Lipinski definition) is 3. The van der Waals surface area contributed by atoms with E-state index in [2.05, 4.69) is 32.4 Å². The van der Waals surface area contributed by atoms with E-state index in [1.807, 2.05) is 41.3 Å². The Morgan fingerprint density at radius 3 is 2.30 bits per heavy atom. The molecular weight excluding hydrogens is 488 g/mol. The summed E-state index contributed by atoms with van der Waals surface area (Å²) in [7, 11) is 1.63. The molecule has 0 unspecified atom stereocenters. The van der Waals surface area contributed by atoms with Gasteiger partial charge in [0.15, 0.2) is 5.84 Å². The van der Waals surface area contributed by atoms with Crippen LogP contribution in [-0.4, -0.2) is 85.6 Å². The maximum atomic E-state index is 12.8. The number of amidine groups is 1. The van der Waals surface area contributed by atoms with Crippen molar-refractivity contribution in [2.75, 3.05) is 63.1 Å². The molecule has 200 valence electrons. The van der Waals surface area contributed by atoms with Crippen molar-refractivity contribution in [2.24, 2.45) is 16.7 Å². The standard InChI is InChI=1S/C27H39ClN8O/c1-33(30)32-27(29)21-4-8-23(9-5-21)31-24-12-15-36(16-13-24)26(37)3-2-14-34-17-19-35(20-18-34)25-10-6-22(28)7-11-25/h4-11,24,31H,2-3,12-20,30H2,1H3,(H2,29,32). The van der Waals surface area contributed by atoms with Gasteiger partial charge in [0.05, 0.1) is 0 Å². The van der Waals surface area contributed by atoms with E-state index < -0.39 is 0 Å². The highest BCUT2D eigenvalue weighted by Crippen LogP contribution is 2.20. The third-order valence-corrected chi connectivity index (χ3v) is 7.35. The summed E-state index contributed by atoms with van der Waals surface area (Å²) in [5.41, 5.74) is 9.04. The number of piperidine rings is 1. The Morgan fingerprint density at radius 2 is 1.68 bits per heavy atom. The summed E-state index contributed by atoms with van der Waals surface area (Å²) in [5, 5.41) is 9.57. The van der Waals surface area contributed by atoms with E-state index in [9.17, 15) is 4.79 Å². The van der Waals surface area contributed by atoms with E-state index in [0.29, 0.717) is 18.3 Å². The number of carbonyl (C=O) groups is 1. The second kappa shape index (κ2) is 13.0. The van der Waals surface area contributed by atoms with Gasteiger partial charge in [0, 0.05) is 80.7 Å². The molecular formula is C27H39ClN8O. The number of likely N-dealkylation sites (tertiary alicyclic amines) is 1. The lowest BCUT2D eigenvalue weighted by atomic mass is 10.0. The predicted octanol–water partition coefficient (Wildman–Crippen LogP) is 2.77. The summed E-state index contributed by atoms with van der Waals surface area (Å²) in [5.74, 6) is 6.18. The molecule has 0 spiro atoms. The lowest BCUT2D eigenvalue weighted by Gasteiger charge is -2.36. The number of benzene rings is 2. The van der Waals surface area contributed by atoms with E-state index in [1.54, 1.807) is 7.05 Å². The number of anilines is 2. The topological polar surface area (TPSA) is 106 Å². The first kappa shape index (κ1) is 27.0. The highest BCUT2D eigenvalue weighted by Gasteiger charge is 2.23. The fourth-order valence-corrected chi connectivity index (χ4v) is 5.09. The summed E-state index contributed by atoms with van der Waals surface area (Å²) in [6.07, 6.45) is 3.43. The maximum absolute atomic E-state index is 12.8. The molecule has 2 aromatic carbocycles. The second-order valence-electron chi connectivity index (χ2n) is 9.84. The second-order valence-corrected chi connectivity index (χ2v) is 10.3. The zero-order chi connectivity index (χ0) is 26.2. The van der Waals surface area contributed by atoms with Crippen molar-refractivity contribution >= 4 is 34.7 Å². The highest BCUT2D eigenvalue weighted by atomic mass is 35.5. The Labute approximate surface area is 225 Å². The molecule has 0 atom stereocenters. The largest absolute Gasteiger partial charge is 0.382 e. The molecule has 2 aliphatic rings. The molecule has 0 aliphatic carbocycles. The van der Waals surface area contributed by atoms with Crippen LogP contribution in [0.4, 0.5) is 11.4 Å². The predicted molar refractivity (Wildman–Crippen MR) is 152 cm³/mol. The van der Waals surface area contributed by atoms with Crippen molar-refractivity contribution < 1.29 is 4.79 Å². The number of halogens is 1.